The molecule has 4 aromatic rings. The number of fused-ring (bicyclic) bond motifs is 2. The smallest absolute Gasteiger partial charge is 0.192 e. The normalized spacial score (nSPS) is 16.9. The molecule has 1 saturated heterocycles. The van der Waals surface area contributed by atoms with Crippen LogP contribution in [0.4, 0.5) is 4.39 Å². The average Bonchev–Trinajstić information content (AvgIpc) is 3.25. The molecule has 156 valence electrons. The Morgan fingerprint density at radius 3 is 2.84 bits per heavy atom. The van der Waals surface area contributed by atoms with Gasteiger partial charge in [0, 0.05) is 31.1 Å². The van der Waals surface area contributed by atoms with Gasteiger partial charge in [-0.05, 0) is 65.6 Å². The molecule has 0 saturated carbocycles. The third kappa shape index (κ3) is 4.01. The number of nitrogens with zero attached hydrogens (tertiary/aromatic N) is 1. The Morgan fingerprint density at radius 1 is 1.06 bits per heavy atom. The van der Waals surface area contributed by atoms with Gasteiger partial charge >= 0.3 is 0 Å². The molecule has 31 heavy (non-hydrogen) atoms. The lowest BCUT2D eigenvalue weighted by molar-refractivity contribution is 0.0969. The lowest BCUT2D eigenvalue weighted by atomic mass is 9.98. The molecule has 1 unspecified atom stereocenters. The van der Waals surface area contributed by atoms with Gasteiger partial charge in [0.2, 0.25) is 0 Å². The Bertz CT molecular complexity index is 1340. The van der Waals surface area contributed by atoms with Crippen LogP contribution in [0.15, 0.2) is 76.1 Å². The molecule has 1 fully saturated rings. The largest absolute Gasteiger partial charge is 0.464 e. The van der Waals surface area contributed by atoms with E-state index in [9.17, 15) is 14.0 Å². The van der Waals surface area contributed by atoms with Crippen molar-refractivity contribution in [2.75, 3.05) is 19.6 Å². The second-order valence-corrected chi connectivity index (χ2v) is 8.21. The van der Waals surface area contributed by atoms with Crippen LogP contribution in [0.2, 0.25) is 0 Å². The summed E-state index contributed by atoms with van der Waals surface area (Å²) in [5, 5.41) is 2.32. The zero-order valence-corrected chi connectivity index (χ0v) is 17.0. The van der Waals surface area contributed by atoms with Gasteiger partial charge in [-0.1, -0.05) is 24.3 Å². The number of Topliss-reactive ketones (excluding diaryl/α,β-unsaturated/α-hetero) is 1. The van der Waals surface area contributed by atoms with Crippen molar-refractivity contribution >= 4 is 27.5 Å². The summed E-state index contributed by atoms with van der Waals surface area (Å²) in [5.41, 5.74) is 2.13. The van der Waals surface area contributed by atoms with Crippen LogP contribution in [-0.4, -0.2) is 30.3 Å². The van der Waals surface area contributed by atoms with E-state index in [-0.39, 0.29) is 17.0 Å². The molecule has 2 heterocycles. The summed E-state index contributed by atoms with van der Waals surface area (Å²) < 4.78 is 19.0. The fraction of sp³-hybridized carbons (Fsp3) is 0.231. The van der Waals surface area contributed by atoms with E-state index in [1.807, 2.05) is 36.4 Å². The predicted molar refractivity (Wildman–Crippen MR) is 119 cm³/mol. The first-order valence-corrected chi connectivity index (χ1v) is 10.5. The number of hydrogen-bond acceptors (Lipinski definition) is 4. The molecular weight excluding hydrogens is 393 g/mol. The van der Waals surface area contributed by atoms with Gasteiger partial charge in [0.25, 0.3) is 0 Å². The van der Waals surface area contributed by atoms with Gasteiger partial charge in [0.1, 0.15) is 11.4 Å². The van der Waals surface area contributed by atoms with Gasteiger partial charge in [0.05, 0.1) is 11.6 Å². The molecule has 0 amide bonds. The quantitative estimate of drug-likeness (QED) is 0.334. The highest BCUT2D eigenvalue weighted by molar-refractivity contribution is 6.02. The fourth-order valence-electron chi connectivity index (χ4n) is 4.47. The molecule has 0 radical (unpaired) electrons. The van der Waals surface area contributed by atoms with Gasteiger partial charge in [-0.25, -0.2) is 4.39 Å². The van der Waals surface area contributed by atoms with Crippen LogP contribution < -0.4 is 5.43 Å². The van der Waals surface area contributed by atoms with Crippen molar-refractivity contribution in [3.05, 3.63) is 94.1 Å². The maximum Gasteiger partial charge on any atom is 0.192 e. The molecule has 4 nitrogen and oxygen atoms in total. The first-order valence-electron chi connectivity index (χ1n) is 10.5. The summed E-state index contributed by atoms with van der Waals surface area (Å²) in [6.07, 6.45) is 2.80. The van der Waals surface area contributed by atoms with Crippen molar-refractivity contribution in [2.24, 2.45) is 0 Å². The van der Waals surface area contributed by atoms with E-state index in [4.69, 9.17) is 4.42 Å². The maximum atomic E-state index is 13.5. The van der Waals surface area contributed by atoms with Crippen LogP contribution >= 0.6 is 0 Å². The third-order valence-electron chi connectivity index (χ3n) is 6.19. The lowest BCUT2D eigenvalue weighted by Crippen LogP contribution is -2.23. The number of carbonyl (C=O) groups excluding carboxylic acids is 1. The second-order valence-electron chi connectivity index (χ2n) is 8.21. The predicted octanol–water partition coefficient (Wildman–Crippen LogP) is 5.15. The number of hydrogen-bond donors (Lipinski definition) is 0. The molecule has 1 aliphatic rings. The van der Waals surface area contributed by atoms with Crippen LogP contribution in [0.3, 0.4) is 0 Å². The number of likely N-dealkylation sites (tertiary alicyclic amines) is 1. The number of rotatable bonds is 5. The summed E-state index contributed by atoms with van der Waals surface area (Å²) in [7, 11) is 0. The molecule has 0 aliphatic carbocycles. The van der Waals surface area contributed by atoms with Gasteiger partial charge in [-0.3, -0.25) is 9.59 Å². The zero-order valence-electron chi connectivity index (χ0n) is 17.0. The zero-order chi connectivity index (χ0) is 21.4. The van der Waals surface area contributed by atoms with Crippen LogP contribution in [0.5, 0.6) is 0 Å². The summed E-state index contributed by atoms with van der Waals surface area (Å²) in [6, 6.07) is 17.4. The van der Waals surface area contributed by atoms with E-state index in [2.05, 4.69) is 4.90 Å². The molecule has 0 bridgehead atoms. The van der Waals surface area contributed by atoms with Crippen molar-refractivity contribution in [1.82, 2.24) is 4.90 Å². The van der Waals surface area contributed by atoms with Crippen LogP contribution in [0, 0.1) is 5.82 Å². The van der Waals surface area contributed by atoms with E-state index >= 15 is 0 Å². The van der Waals surface area contributed by atoms with E-state index in [1.165, 1.54) is 18.4 Å². The van der Waals surface area contributed by atoms with Crippen molar-refractivity contribution in [1.29, 1.82) is 0 Å². The van der Waals surface area contributed by atoms with Crippen molar-refractivity contribution in [3.8, 4) is 0 Å². The standard InChI is InChI=1S/C26H22FNO3/c27-22-3-1-2-17(13-22)20-6-9-28(16-20)10-7-24(29)19-5-4-18-14-23-25(30)8-11-31-26(23)15-21(18)12-19/h1-5,8,11-15,20H,6-7,9-10,16H2. The maximum absolute atomic E-state index is 13.5. The first kappa shape index (κ1) is 19.6. The van der Waals surface area contributed by atoms with Crippen LogP contribution in [-0.2, 0) is 0 Å². The van der Waals surface area contributed by atoms with Crippen LogP contribution in [0.1, 0.15) is 34.7 Å². The number of benzene rings is 3. The Hall–Kier alpha value is -3.31. The van der Waals surface area contributed by atoms with Crippen molar-refractivity contribution in [2.45, 2.75) is 18.8 Å². The summed E-state index contributed by atoms with van der Waals surface area (Å²) in [6.45, 7) is 2.45. The topological polar surface area (TPSA) is 50.5 Å². The Kier molecular flexibility index (Phi) is 5.12. The van der Waals surface area contributed by atoms with Gasteiger partial charge < -0.3 is 9.32 Å². The highest BCUT2D eigenvalue weighted by Gasteiger charge is 2.24. The van der Waals surface area contributed by atoms with E-state index in [0.29, 0.717) is 35.4 Å². The van der Waals surface area contributed by atoms with Crippen LogP contribution in [0.25, 0.3) is 21.7 Å². The van der Waals surface area contributed by atoms with E-state index in [1.54, 1.807) is 12.1 Å². The molecule has 0 spiro atoms. The number of halogens is 1. The molecule has 1 aromatic heterocycles. The van der Waals surface area contributed by atoms with Gasteiger partial charge in [-0.15, -0.1) is 0 Å². The summed E-state index contributed by atoms with van der Waals surface area (Å²) in [4.78, 5) is 27.1. The number of carbonyl (C=O) groups is 1. The van der Waals surface area contributed by atoms with Crippen molar-refractivity contribution in [3.63, 3.8) is 0 Å². The lowest BCUT2D eigenvalue weighted by Gasteiger charge is -2.16. The molecule has 1 aliphatic heterocycles. The Morgan fingerprint density at radius 2 is 1.97 bits per heavy atom. The van der Waals surface area contributed by atoms with Gasteiger partial charge in [0.15, 0.2) is 11.2 Å². The van der Waals surface area contributed by atoms with Gasteiger partial charge in [-0.2, -0.15) is 0 Å². The molecular formula is C26H22FNO3. The first-order chi connectivity index (χ1) is 15.1. The van der Waals surface area contributed by atoms with Crippen molar-refractivity contribution < 1.29 is 13.6 Å². The van der Waals surface area contributed by atoms with E-state index in [0.717, 1.165) is 35.8 Å². The third-order valence-corrected chi connectivity index (χ3v) is 6.19. The summed E-state index contributed by atoms with van der Waals surface area (Å²) in [5.74, 6) is 0.203. The minimum atomic E-state index is -0.200. The monoisotopic (exact) mass is 415 g/mol. The molecule has 5 heteroatoms. The Balaban J connectivity index is 1.27. The molecule has 1 atom stereocenters. The fourth-order valence-corrected chi connectivity index (χ4v) is 4.47. The second kappa shape index (κ2) is 8.08. The molecule has 5 rings (SSSR count). The Labute approximate surface area is 178 Å². The SMILES string of the molecule is O=C(CCN1CCC(c2cccc(F)c2)C1)c1ccc2cc3c(=O)ccoc3cc2c1. The minimum absolute atomic E-state index is 0.0783. The molecule has 3 aromatic carbocycles. The minimum Gasteiger partial charge on any atom is -0.464 e. The molecule has 0 N–H and O–H groups in total. The highest BCUT2D eigenvalue weighted by atomic mass is 19.1. The average molecular weight is 415 g/mol. The highest BCUT2D eigenvalue weighted by Crippen LogP contribution is 2.28. The van der Waals surface area contributed by atoms with E-state index < -0.39 is 0 Å². The summed E-state index contributed by atoms with van der Waals surface area (Å²) >= 11 is 0. The number of ketones is 1.